The monoisotopic (exact) mass is 326 g/mol. The Morgan fingerprint density at radius 3 is 2.09 bits per heavy atom. The average molecular weight is 326 g/mol. The summed E-state index contributed by atoms with van der Waals surface area (Å²) in [5.41, 5.74) is -0.679. The molecule has 7 heteroatoms. The fourth-order valence-electron chi connectivity index (χ4n) is 3.35. The van der Waals surface area contributed by atoms with E-state index in [-0.39, 0.29) is 0 Å². The summed E-state index contributed by atoms with van der Waals surface area (Å²) < 4.78 is 50.5. The first-order valence-corrected chi connectivity index (χ1v) is 8.03. The molecule has 0 atom stereocenters. The van der Waals surface area contributed by atoms with Crippen LogP contribution in [0.4, 0.5) is 17.6 Å². The average Bonchev–Trinajstić information content (AvgIpc) is 2.44. The highest BCUT2D eigenvalue weighted by Crippen LogP contribution is 2.32. The van der Waals surface area contributed by atoms with Gasteiger partial charge in [0, 0.05) is 32.7 Å². The number of hydrogen-bond acceptors (Lipinski definition) is 3. The number of piperazine rings is 1. The van der Waals surface area contributed by atoms with Crippen LogP contribution in [0.15, 0.2) is 0 Å². The molecular formula is C15H26F4N2O. The molecule has 1 heterocycles. The van der Waals surface area contributed by atoms with Gasteiger partial charge in [0.25, 0.3) is 0 Å². The van der Waals surface area contributed by atoms with E-state index in [0.717, 1.165) is 25.7 Å². The van der Waals surface area contributed by atoms with Gasteiger partial charge in [-0.25, -0.2) is 8.78 Å². The quantitative estimate of drug-likeness (QED) is 0.786. The molecule has 0 bridgehead atoms. The molecule has 0 amide bonds. The highest BCUT2D eigenvalue weighted by molar-refractivity contribution is 4.89. The number of rotatable bonds is 5. The van der Waals surface area contributed by atoms with Crippen molar-refractivity contribution in [1.82, 2.24) is 9.80 Å². The first kappa shape index (κ1) is 17.9. The molecule has 130 valence electrons. The molecule has 0 radical (unpaired) electrons. The van der Waals surface area contributed by atoms with Crippen molar-refractivity contribution in [1.29, 1.82) is 0 Å². The van der Waals surface area contributed by atoms with Crippen molar-refractivity contribution < 1.29 is 22.7 Å². The predicted molar refractivity (Wildman–Crippen MR) is 76.4 cm³/mol. The van der Waals surface area contributed by atoms with E-state index < -0.39 is 24.5 Å². The van der Waals surface area contributed by atoms with E-state index in [1.54, 1.807) is 0 Å². The normalized spacial score (nSPS) is 32.6. The van der Waals surface area contributed by atoms with E-state index in [1.807, 2.05) is 0 Å². The van der Waals surface area contributed by atoms with Gasteiger partial charge in [-0.1, -0.05) is 6.92 Å². The number of aliphatic hydroxyl groups is 1. The molecule has 2 rings (SSSR count). The van der Waals surface area contributed by atoms with Crippen LogP contribution in [0.5, 0.6) is 0 Å². The first-order valence-electron chi connectivity index (χ1n) is 8.03. The Morgan fingerprint density at radius 2 is 1.59 bits per heavy atom. The Bertz CT molecular complexity index is 351. The van der Waals surface area contributed by atoms with Crippen molar-refractivity contribution in [2.45, 2.75) is 50.6 Å². The largest absolute Gasteiger partial charge is 0.389 e. The molecule has 0 aromatic rings. The summed E-state index contributed by atoms with van der Waals surface area (Å²) in [5, 5.41) is 10.6. The molecule has 0 spiro atoms. The molecule has 1 saturated carbocycles. The Kier molecular flexibility index (Phi) is 5.72. The van der Waals surface area contributed by atoms with Gasteiger partial charge < -0.3 is 5.11 Å². The predicted octanol–water partition coefficient (Wildman–Crippen LogP) is 2.45. The smallest absolute Gasteiger partial charge is 0.319 e. The van der Waals surface area contributed by atoms with Crippen molar-refractivity contribution in [2.75, 3.05) is 39.3 Å². The lowest BCUT2D eigenvalue weighted by atomic mass is 9.79. The molecule has 1 aliphatic heterocycles. The van der Waals surface area contributed by atoms with Gasteiger partial charge in [-0.3, -0.25) is 9.80 Å². The third-order valence-electron chi connectivity index (χ3n) is 4.94. The standard InChI is InChI=1S/C15H26F4N2O/c1-12-2-4-14(22,5-3-12)10-20-6-8-21(9-7-20)11-15(18,19)13(16)17/h12-13,22H,2-11H2,1H3. The molecular weight excluding hydrogens is 300 g/mol. The Morgan fingerprint density at radius 1 is 1.09 bits per heavy atom. The van der Waals surface area contributed by atoms with E-state index in [1.165, 1.54) is 4.90 Å². The van der Waals surface area contributed by atoms with Crippen LogP contribution < -0.4 is 0 Å². The fraction of sp³-hybridized carbons (Fsp3) is 1.00. The number of halogens is 4. The molecule has 1 saturated heterocycles. The highest BCUT2D eigenvalue weighted by Gasteiger charge is 2.43. The molecule has 2 aliphatic rings. The van der Waals surface area contributed by atoms with Crippen LogP contribution >= 0.6 is 0 Å². The van der Waals surface area contributed by atoms with Gasteiger partial charge in [0.15, 0.2) is 0 Å². The number of nitrogens with zero attached hydrogens (tertiary/aromatic N) is 2. The summed E-state index contributed by atoms with van der Waals surface area (Å²) in [7, 11) is 0. The second-order valence-electron chi connectivity index (χ2n) is 7.02. The fourth-order valence-corrected chi connectivity index (χ4v) is 3.35. The highest BCUT2D eigenvalue weighted by atomic mass is 19.3. The van der Waals surface area contributed by atoms with Crippen LogP contribution in [0, 0.1) is 5.92 Å². The second kappa shape index (κ2) is 7.01. The Balaban J connectivity index is 1.75. The SMILES string of the molecule is CC1CCC(O)(CN2CCN(CC(F)(F)C(F)F)CC2)CC1. The van der Waals surface area contributed by atoms with Gasteiger partial charge in [0.2, 0.25) is 0 Å². The van der Waals surface area contributed by atoms with Crippen molar-refractivity contribution in [3.8, 4) is 0 Å². The maximum Gasteiger partial charge on any atom is 0.319 e. The lowest BCUT2D eigenvalue weighted by molar-refractivity contribution is -0.146. The van der Waals surface area contributed by atoms with Crippen molar-refractivity contribution in [3.05, 3.63) is 0 Å². The van der Waals surface area contributed by atoms with E-state index in [4.69, 9.17) is 0 Å². The van der Waals surface area contributed by atoms with Crippen LogP contribution in [0.25, 0.3) is 0 Å². The zero-order valence-corrected chi connectivity index (χ0v) is 13.1. The van der Waals surface area contributed by atoms with Gasteiger partial charge in [-0.15, -0.1) is 0 Å². The van der Waals surface area contributed by atoms with Gasteiger partial charge in [0.05, 0.1) is 12.1 Å². The van der Waals surface area contributed by atoms with Crippen molar-refractivity contribution in [2.24, 2.45) is 5.92 Å². The summed E-state index contributed by atoms with van der Waals surface area (Å²) in [6.45, 7) is 3.61. The maximum absolute atomic E-state index is 13.1. The van der Waals surface area contributed by atoms with Crippen LogP contribution in [-0.4, -0.2) is 72.1 Å². The Hall–Kier alpha value is -0.400. The number of hydrogen-bond donors (Lipinski definition) is 1. The summed E-state index contributed by atoms with van der Waals surface area (Å²) in [6, 6.07) is 0. The first-order chi connectivity index (χ1) is 10.2. The summed E-state index contributed by atoms with van der Waals surface area (Å²) >= 11 is 0. The molecule has 22 heavy (non-hydrogen) atoms. The van der Waals surface area contributed by atoms with Crippen LogP contribution in [0.3, 0.4) is 0 Å². The van der Waals surface area contributed by atoms with E-state index in [9.17, 15) is 22.7 Å². The van der Waals surface area contributed by atoms with E-state index >= 15 is 0 Å². The lowest BCUT2D eigenvalue weighted by Gasteiger charge is -2.42. The third kappa shape index (κ3) is 4.80. The topological polar surface area (TPSA) is 26.7 Å². The zero-order chi connectivity index (χ0) is 16.4. The minimum Gasteiger partial charge on any atom is -0.389 e. The Labute approximate surface area is 129 Å². The second-order valence-corrected chi connectivity index (χ2v) is 7.02. The lowest BCUT2D eigenvalue weighted by Crippen LogP contribution is -2.55. The third-order valence-corrected chi connectivity index (χ3v) is 4.94. The van der Waals surface area contributed by atoms with Gasteiger partial charge >= 0.3 is 12.3 Å². The van der Waals surface area contributed by atoms with Crippen LogP contribution in [0.2, 0.25) is 0 Å². The van der Waals surface area contributed by atoms with Crippen LogP contribution in [0.1, 0.15) is 32.6 Å². The minimum absolute atomic E-state index is 0.342. The molecule has 0 aromatic heterocycles. The zero-order valence-electron chi connectivity index (χ0n) is 13.1. The molecule has 0 unspecified atom stereocenters. The molecule has 2 fully saturated rings. The van der Waals surface area contributed by atoms with Crippen molar-refractivity contribution >= 4 is 0 Å². The summed E-state index contributed by atoms with van der Waals surface area (Å²) in [5.74, 6) is -3.30. The van der Waals surface area contributed by atoms with Crippen molar-refractivity contribution in [3.63, 3.8) is 0 Å². The maximum atomic E-state index is 13.1. The molecule has 0 aromatic carbocycles. The van der Waals surface area contributed by atoms with Crippen LogP contribution in [-0.2, 0) is 0 Å². The van der Waals surface area contributed by atoms with Gasteiger partial charge in [0.1, 0.15) is 0 Å². The van der Waals surface area contributed by atoms with Gasteiger partial charge in [-0.2, -0.15) is 8.78 Å². The molecule has 1 aliphatic carbocycles. The van der Waals surface area contributed by atoms with Gasteiger partial charge in [-0.05, 0) is 31.6 Å². The molecule has 3 nitrogen and oxygen atoms in total. The summed E-state index contributed by atoms with van der Waals surface area (Å²) in [4.78, 5) is 3.45. The molecule has 1 N–H and O–H groups in total. The van der Waals surface area contributed by atoms with E-state index in [0.29, 0.717) is 38.6 Å². The van der Waals surface area contributed by atoms with E-state index in [2.05, 4.69) is 11.8 Å². The summed E-state index contributed by atoms with van der Waals surface area (Å²) in [6.07, 6.45) is -0.0421. The minimum atomic E-state index is -3.94. The number of alkyl halides is 4. The number of β-amino-alcohol motifs (C(OH)–C–C–N with tert-alkyl or cyclic N) is 1.